The van der Waals surface area contributed by atoms with Crippen LogP contribution in [-0.4, -0.2) is 51.8 Å². The Morgan fingerprint density at radius 3 is 2.68 bits per heavy atom. The Morgan fingerprint density at radius 2 is 1.86 bits per heavy atom. The van der Waals surface area contributed by atoms with Gasteiger partial charge >= 0.3 is 11.8 Å². The zero-order chi connectivity index (χ0) is 19.3. The molecule has 11 heteroatoms. The third kappa shape index (κ3) is 3.72. The van der Waals surface area contributed by atoms with E-state index in [0.717, 1.165) is 0 Å². The minimum Gasteiger partial charge on any atom is -0.454 e. The zero-order valence-electron chi connectivity index (χ0n) is 14.4. The van der Waals surface area contributed by atoms with E-state index in [0.29, 0.717) is 17.1 Å². The van der Waals surface area contributed by atoms with E-state index in [4.69, 9.17) is 14.0 Å². The van der Waals surface area contributed by atoms with Crippen LogP contribution < -0.4 is 20.1 Å². The fraction of sp³-hybridized carbons (Fsp3) is 0.176. The van der Waals surface area contributed by atoms with Crippen molar-refractivity contribution in [3.05, 3.63) is 48.4 Å². The summed E-state index contributed by atoms with van der Waals surface area (Å²) in [7, 11) is 0. The second-order valence-electron chi connectivity index (χ2n) is 5.59. The van der Waals surface area contributed by atoms with Gasteiger partial charge in [-0.1, -0.05) is 5.16 Å². The molecule has 28 heavy (non-hydrogen) atoms. The Morgan fingerprint density at radius 1 is 1.04 bits per heavy atom. The second-order valence-corrected chi connectivity index (χ2v) is 5.59. The lowest BCUT2D eigenvalue weighted by Crippen LogP contribution is -2.35. The van der Waals surface area contributed by atoms with Gasteiger partial charge in [0.05, 0.1) is 6.20 Å². The van der Waals surface area contributed by atoms with Crippen LogP contribution in [0.5, 0.6) is 11.5 Å². The van der Waals surface area contributed by atoms with E-state index < -0.39 is 5.91 Å². The lowest BCUT2D eigenvalue weighted by molar-refractivity contribution is 0.0897. The fourth-order valence-corrected chi connectivity index (χ4v) is 2.40. The molecule has 0 unspecified atom stereocenters. The van der Waals surface area contributed by atoms with E-state index in [2.05, 4.69) is 30.7 Å². The maximum absolute atomic E-state index is 12.1. The average Bonchev–Trinajstić information content (AvgIpc) is 3.40. The van der Waals surface area contributed by atoms with Crippen LogP contribution in [0.2, 0.25) is 0 Å². The molecule has 2 aromatic heterocycles. The first kappa shape index (κ1) is 17.4. The lowest BCUT2D eigenvalue weighted by Gasteiger charge is -2.04. The number of hydrogen-bond acceptors (Lipinski definition) is 9. The average molecular weight is 382 g/mol. The van der Waals surface area contributed by atoms with Crippen LogP contribution >= 0.6 is 0 Å². The van der Waals surface area contributed by atoms with E-state index >= 15 is 0 Å². The van der Waals surface area contributed by atoms with Gasteiger partial charge in [-0.3, -0.25) is 14.6 Å². The van der Waals surface area contributed by atoms with Crippen LogP contribution in [0, 0.1) is 0 Å². The highest BCUT2D eigenvalue weighted by molar-refractivity contribution is 5.92. The summed E-state index contributed by atoms with van der Waals surface area (Å²) >= 11 is 0. The minimum atomic E-state index is -0.548. The number of nitrogens with zero attached hydrogens (tertiary/aromatic N) is 4. The first-order valence-corrected chi connectivity index (χ1v) is 8.27. The third-order valence-electron chi connectivity index (χ3n) is 3.74. The van der Waals surface area contributed by atoms with E-state index in [1.165, 1.54) is 18.6 Å². The molecule has 3 aromatic rings. The molecule has 0 bridgehead atoms. The van der Waals surface area contributed by atoms with Gasteiger partial charge in [0, 0.05) is 31.0 Å². The monoisotopic (exact) mass is 382 g/mol. The quantitative estimate of drug-likeness (QED) is 0.580. The Bertz CT molecular complexity index is 1010. The summed E-state index contributed by atoms with van der Waals surface area (Å²) in [6.07, 6.45) is 4.24. The molecule has 0 saturated carbocycles. The molecule has 3 heterocycles. The molecular formula is C17H14N6O5. The van der Waals surface area contributed by atoms with Gasteiger partial charge in [-0.05, 0) is 18.2 Å². The molecule has 0 spiro atoms. The Kier molecular flexibility index (Phi) is 4.78. The van der Waals surface area contributed by atoms with Crippen LogP contribution in [0.25, 0.3) is 11.4 Å². The number of fused-ring (bicyclic) bond motifs is 1. The highest BCUT2D eigenvalue weighted by Gasteiger charge is 2.19. The van der Waals surface area contributed by atoms with Crippen molar-refractivity contribution in [3.63, 3.8) is 0 Å². The number of ether oxygens (including phenoxy) is 2. The molecule has 11 nitrogen and oxygen atoms in total. The molecule has 1 aliphatic rings. The molecule has 2 N–H and O–H groups in total. The first-order chi connectivity index (χ1) is 13.7. The van der Waals surface area contributed by atoms with Gasteiger partial charge in [0.25, 0.3) is 5.91 Å². The van der Waals surface area contributed by atoms with E-state index in [9.17, 15) is 9.59 Å². The molecule has 0 atom stereocenters. The topological polar surface area (TPSA) is 141 Å². The number of benzene rings is 1. The smallest absolute Gasteiger partial charge is 0.316 e. The second kappa shape index (κ2) is 7.70. The minimum absolute atomic E-state index is 0.159. The van der Waals surface area contributed by atoms with Crippen LogP contribution in [0.3, 0.4) is 0 Å². The van der Waals surface area contributed by atoms with Crippen molar-refractivity contribution in [2.75, 3.05) is 19.9 Å². The maximum Gasteiger partial charge on any atom is 0.316 e. The van der Waals surface area contributed by atoms with Crippen LogP contribution in [0.1, 0.15) is 21.2 Å². The van der Waals surface area contributed by atoms with Gasteiger partial charge in [0.15, 0.2) is 11.5 Å². The summed E-state index contributed by atoms with van der Waals surface area (Å²) in [6, 6.07) is 5.17. The molecule has 0 radical (unpaired) electrons. The Balaban J connectivity index is 1.29. The van der Waals surface area contributed by atoms with Crippen LogP contribution in [-0.2, 0) is 0 Å². The lowest BCUT2D eigenvalue weighted by atomic mass is 10.2. The normalized spacial score (nSPS) is 11.9. The third-order valence-corrected chi connectivity index (χ3v) is 3.74. The largest absolute Gasteiger partial charge is 0.454 e. The number of amides is 2. The first-order valence-electron chi connectivity index (χ1n) is 8.27. The SMILES string of the molecule is O=C(NCCNC(=O)c1nc(-c2ccc3c(c2)OCO3)no1)c1cnccn1. The summed E-state index contributed by atoms with van der Waals surface area (Å²) < 4.78 is 15.5. The van der Waals surface area contributed by atoms with Crippen LogP contribution in [0.15, 0.2) is 41.3 Å². The predicted octanol–water partition coefficient (Wildman–Crippen LogP) is 0.415. The van der Waals surface area contributed by atoms with Crippen LogP contribution in [0.4, 0.5) is 0 Å². The number of rotatable bonds is 6. The summed E-state index contributed by atoms with van der Waals surface area (Å²) in [5, 5.41) is 8.99. The molecule has 1 aliphatic heterocycles. The Labute approximate surface area is 158 Å². The number of carbonyl (C=O) groups excluding carboxylic acids is 2. The van der Waals surface area contributed by atoms with Gasteiger partial charge in [-0.15, -0.1) is 0 Å². The van der Waals surface area contributed by atoms with Crippen molar-refractivity contribution in [1.29, 1.82) is 0 Å². The maximum atomic E-state index is 12.1. The highest BCUT2D eigenvalue weighted by atomic mass is 16.7. The standard InChI is InChI=1S/C17H14N6O5/c24-15(11-8-18-3-4-19-11)20-5-6-21-16(25)17-22-14(23-28-17)10-1-2-12-13(7-10)27-9-26-12/h1-4,7-8H,5-6,9H2,(H,20,24)(H,21,25). The van der Waals surface area contributed by atoms with Gasteiger partial charge in [0.1, 0.15) is 5.69 Å². The van der Waals surface area contributed by atoms with Crippen molar-refractivity contribution < 1.29 is 23.6 Å². The fourth-order valence-electron chi connectivity index (χ4n) is 2.40. The molecule has 4 rings (SSSR count). The van der Waals surface area contributed by atoms with Crippen molar-refractivity contribution in [2.24, 2.45) is 0 Å². The molecular weight excluding hydrogens is 368 g/mol. The molecule has 1 aromatic carbocycles. The number of carbonyl (C=O) groups is 2. The van der Waals surface area contributed by atoms with E-state index in [1.54, 1.807) is 18.2 Å². The van der Waals surface area contributed by atoms with Gasteiger partial charge < -0.3 is 24.6 Å². The van der Waals surface area contributed by atoms with Crippen molar-refractivity contribution in [2.45, 2.75) is 0 Å². The molecule has 142 valence electrons. The van der Waals surface area contributed by atoms with Crippen molar-refractivity contribution in [1.82, 2.24) is 30.7 Å². The zero-order valence-corrected chi connectivity index (χ0v) is 14.4. The molecule has 2 amide bonds. The summed E-state index contributed by atoms with van der Waals surface area (Å²) in [5.74, 6) is 0.340. The van der Waals surface area contributed by atoms with Gasteiger partial charge in [-0.25, -0.2) is 4.98 Å². The number of aromatic nitrogens is 4. The van der Waals surface area contributed by atoms with Crippen molar-refractivity contribution >= 4 is 11.8 Å². The summed E-state index contributed by atoms with van der Waals surface area (Å²) in [4.78, 5) is 35.7. The highest BCUT2D eigenvalue weighted by Crippen LogP contribution is 2.35. The molecule has 0 aliphatic carbocycles. The number of nitrogens with one attached hydrogen (secondary N) is 2. The van der Waals surface area contributed by atoms with E-state index in [1.807, 2.05) is 0 Å². The Hall–Kier alpha value is -4.02. The van der Waals surface area contributed by atoms with Gasteiger partial charge in [0.2, 0.25) is 12.6 Å². The predicted molar refractivity (Wildman–Crippen MR) is 92.6 cm³/mol. The summed E-state index contributed by atoms with van der Waals surface area (Å²) in [6.45, 7) is 0.531. The number of hydrogen-bond donors (Lipinski definition) is 2. The van der Waals surface area contributed by atoms with Crippen molar-refractivity contribution in [3.8, 4) is 22.9 Å². The summed E-state index contributed by atoms with van der Waals surface area (Å²) in [5.41, 5.74) is 0.822. The van der Waals surface area contributed by atoms with Gasteiger partial charge in [-0.2, -0.15) is 4.98 Å². The van der Waals surface area contributed by atoms with E-state index in [-0.39, 0.29) is 43.2 Å². The molecule has 0 saturated heterocycles. The molecule has 0 fully saturated rings.